The highest BCUT2D eigenvalue weighted by Crippen LogP contribution is 1.84. The van der Waals surface area contributed by atoms with Crippen molar-refractivity contribution < 1.29 is 19.7 Å². The van der Waals surface area contributed by atoms with Crippen LogP contribution in [0, 0.1) is 0 Å². The number of carboxylic acid groups (broad SMARTS) is 1. The molecule has 0 rings (SSSR count). The number of aliphatic hydroxyl groups is 1. The van der Waals surface area contributed by atoms with Gasteiger partial charge >= 0.3 is 5.97 Å². The molecule has 10 heavy (non-hydrogen) atoms. The molecule has 2 unspecified atom stereocenters. The molecule has 0 spiro atoms. The summed E-state index contributed by atoms with van der Waals surface area (Å²) in [5, 5.41) is 19.2. The molecule has 0 radical (unpaired) electrons. The monoisotopic (exact) mass is 149 g/mol. The Bertz CT molecular complexity index is 116. The molecule has 0 fully saturated rings. The van der Waals surface area contributed by atoms with Gasteiger partial charge in [-0.2, -0.15) is 0 Å². The fraction of sp³-hybridized carbons (Fsp3) is 0.800. The lowest BCUT2D eigenvalue weighted by atomic mass is 10.3. The summed E-state index contributed by atoms with van der Waals surface area (Å²) in [7, 11) is 1.27. The van der Waals surface area contributed by atoms with Crippen molar-refractivity contribution in [2.75, 3.05) is 7.11 Å². The first-order valence-corrected chi connectivity index (χ1v) is 2.77. The van der Waals surface area contributed by atoms with Crippen molar-refractivity contribution in [3.05, 3.63) is 0 Å². The van der Waals surface area contributed by atoms with Gasteiger partial charge in [-0.1, -0.05) is 0 Å². The van der Waals surface area contributed by atoms with Gasteiger partial charge in [0, 0.05) is 7.11 Å². The molecule has 3 N–H and O–H groups in total. The predicted octanol–water partition coefficient (Wildman–Crippen LogP) is -1.03. The third kappa shape index (κ3) is 3.39. The summed E-state index contributed by atoms with van der Waals surface area (Å²) < 4.78 is 4.35. The summed E-state index contributed by atoms with van der Waals surface area (Å²) in [5.41, 5.74) is 0. The molecular weight excluding hydrogens is 138 g/mol. The molecule has 0 heterocycles. The van der Waals surface area contributed by atoms with E-state index in [-0.39, 0.29) is 0 Å². The number of carbonyl (C=O) groups is 1. The van der Waals surface area contributed by atoms with Gasteiger partial charge in [-0.15, -0.1) is 0 Å². The van der Waals surface area contributed by atoms with Crippen molar-refractivity contribution in [1.82, 2.24) is 5.32 Å². The minimum atomic E-state index is -1.22. The Morgan fingerprint density at radius 2 is 2.20 bits per heavy atom. The first-order valence-electron chi connectivity index (χ1n) is 2.77. The minimum Gasteiger partial charge on any atom is -0.480 e. The van der Waals surface area contributed by atoms with Gasteiger partial charge in [0.1, 0.15) is 6.04 Å². The molecule has 0 saturated heterocycles. The van der Waals surface area contributed by atoms with E-state index in [0.29, 0.717) is 0 Å². The standard InChI is InChI=1S/C5H11NO4/c1-3(4(7)8)6-5(9)10-2/h3,5-6,9H,1-2H3,(H,7,8). The maximum Gasteiger partial charge on any atom is 0.320 e. The van der Waals surface area contributed by atoms with Crippen LogP contribution in [0.25, 0.3) is 0 Å². The zero-order valence-electron chi connectivity index (χ0n) is 5.87. The van der Waals surface area contributed by atoms with E-state index in [1.54, 1.807) is 0 Å². The fourth-order valence-electron chi connectivity index (χ4n) is 0.353. The number of rotatable bonds is 4. The number of nitrogens with one attached hydrogen (secondary N) is 1. The van der Waals surface area contributed by atoms with Crippen LogP contribution < -0.4 is 5.32 Å². The van der Waals surface area contributed by atoms with Gasteiger partial charge in [-0.05, 0) is 6.92 Å². The summed E-state index contributed by atoms with van der Waals surface area (Å²) in [4.78, 5) is 10.1. The Balaban J connectivity index is 3.56. The molecule has 0 aliphatic heterocycles. The zero-order valence-corrected chi connectivity index (χ0v) is 5.87. The summed E-state index contributed by atoms with van der Waals surface area (Å²) in [6, 6.07) is -0.810. The number of carboxylic acids is 1. The Morgan fingerprint density at radius 1 is 1.70 bits per heavy atom. The van der Waals surface area contributed by atoms with E-state index < -0.39 is 18.4 Å². The van der Waals surface area contributed by atoms with Crippen LogP contribution in [0.5, 0.6) is 0 Å². The van der Waals surface area contributed by atoms with Gasteiger partial charge in [0.15, 0.2) is 0 Å². The van der Waals surface area contributed by atoms with E-state index in [2.05, 4.69) is 10.1 Å². The first-order chi connectivity index (χ1) is 4.57. The lowest BCUT2D eigenvalue weighted by Gasteiger charge is -2.13. The number of ether oxygens (including phenoxy) is 1. The molecule has 0 aromatic rings. The number of aliphatic carboxylic acids is 1. The number of aliphatic hydroxyl groups excluding tert-OH is 1. The van der Waals surface area contributed by atoms with E-state index in [1.807, 2.05) is 0 Å². The van der Waals surface area contributed by atoms with Gasteiger partial charge in [-0.25, -0.2) is 0 Å². The second kappa shape index (κ2) is 4.21. The quantitative estimate of drug-likeness (QED) is 0.445. The molecular formula is C5H11NO4. The molecule has 0 aromatic carbocycles. The largest absolute Gasteiger partial charge is 0.480 e. The van der Waals surface area contributed by atoms with Crippen molar-refractivity contribution in [2.45, 2.75) is 19.4 Å². The SMILES string of the molecule is COC(O)NC(C)C(=O)O. The van der Waals surface area contributed by atoms with Crippen molar-refractivity contribution in [1.29, 1.82) is 0 Å². The number of hydrogen-bond donors (Lipinski definition) is 3. The van der Waals surface area contributed by atoms with Crippen LogP contribution in [0.4, 0.5) is 0 Å². The van der Waals surface area contributed by atoms with Gasteiger partial charge < -0.3 is 14.9 Å². The summed E-state index contributed by atoms with van der Waals surface area (Å²) in [5.74, 6) is -1.03. The topological polar surface area (TPSA) is 78.8 Å². The molecule has 0 bridgehead atoms. The van der Waals surface area contributed by atoms with E-state index in [4.69, 9.17) is 10.2 Å². The Kier molecular flexibility index (Phi) is 3.94. The van der Waals surface area contributed by atoms with Crippen LogP contribution in [0.2, 0.25) is 0 Å². The molecule has 5 nitrogen and oxygen atoms in total. The van der Waals surface area contributed by atoms with Crippen molar-refractivity contribution >= 4 is 5.97 Å². The van der Waals surface area contributed by atoms with Crippen molar-refractivity contribution in [3.63, 3.8) is 0 Å². The molecule has 0 aliphatic rings. The number of methoxy groups -OCH3 is 1. The van der Waals surface area contributed by atoms with E-state index in [9.17, 15) is 4.79 Å². The Morgan fingerprint density at radius 3 is 2.50 bits per heavy atom. The van der Waals surface area contributed by atoms with Crippen LogP contribution in [-0.4, -0.2) is 35.7 Å². The Labute approximate surface area is 58.6 Å². The van der Waals surface area contributed by atoms with Crippen LogP contribution in [0.3, 0.4) is 0 Å². The minimum absolute atomic E-state index is 0.810. The average molecular weight is 149 g/mol. The van der Waals surface area contributed by atoms with Gasteiger partial charge in [0.05, 0.1) is 0 Å². The molecule has 5 heteroatoms. The third-order valence-electron chi connectivity index (χ3n) is 0.986. The number of hydrogen-bond acceptors (Lipinski definition) is 4. The third-order valence-corrected chi connectivity index (χ3v) is 0.986. The molecule has 0 aliphatic carbocycles. The molecule has 0 saturated carbocycles. The second-order valence-electron chi connectivity index (χ2n) is 1.81. The van der Waals surface area contributed by atoms with Crippen LogP contribution in [0.15, 0.2) is 0 Å². The summed E-state index contributed by atoms with van der Waals surface area (Å²) in [6.45, 7) is 1.41. The lowest BCUT2D eigenvalue weighted by molar-refractivity contribution is -0.146. The zero-order chi connectivity index (χ0) is 8.15. The maximum atomic E-state index is 10.1. The fourth-order valence-corrected chi connectivity index (χ4v) is 0.353. The van der Waals surface area contributed by atoms with Gasteiger partial charge in [0.2, 0.25) is 6.41 Å². The van der Waals surface area contributed by atoms with Crippen molar-refractivity contribution in [2.24, 2.45) is 0 Å². The predicted molar refractivity (Wildman–Crippen MR) is 33.2 cm³/mol. The lowest BCUT2D eigenvalue weighted by Crippen LogP contribution is -2.42. The van der Waals surface area contributed by atoms with E-state index in [1.165, 1.54) is 14.0 Å². The maximum absolute atomic E-state index is 10.1. The first kappa shape index (κ1) is 9.35. The highest BCUT2D eigenvalue weighted by molar-refractivity contribution is 5.72. The average Bonchev–Trinajstić information content (AvgIpc) is 1.87. The van der Waals surface area contributed by atoms with Crippen molar-refractivity contribution in [3.8, 4) is 0 Å². The summed E-state index contributed by atoms with van der Waals surface area (Å²) >= 11 is 0. The van der Waals surface area contributed by atoms with E-state index in [0.717, 1.165) is 0 Å². The molecule has 60 valence electrons. The van der Waals surface area contributed by atoms with Gasteiger partial charge in [0.25, 0.3) is 0 Å². The Hall–Kier alpha value is -0.650. The van der Waals surface area contributed by atoms with Crippen LogP contribution >= 0.6 is 0 Å². The normalized spacial score (nSPS) is 16.3. The molecule has 0 amide bonds. The highest BCUT2D eigenvalue weighted by Gasteiger charge is 2.13. The van der Waals surface area contributed by atoms with E-state index >= 15 is 0 Å². The smallest absolute Gasteiger partial charge is 0.320 e. The molecule has 0 aromatic heterocycles. The second-order valence-corrected chi connectivity index (χ2v) is 1.81. The highest BCUT2D eigenvalue weighted by atomic mass is 16.6. The molecule has 2 atom stereocenters. The van der Waals surface area contributed by atoms with Crippen LogP contribution in [-0.2, 0) is 9.53 Å². The van der Waals surface area contributed by atoms with Gasteiger partial charge in [-0.3, -0.25) is 10.1 Å². The summed E-state index contributed by atoms with van der Waals surface area (Å²) in [6.07, 6.45) is -1.22. The van der Waals surface area contributed by atoms with Crippen LogP contribution in [0.1, 0.15) is 6.92 Å².